The van der Waals surface area contributed by atoms with Crippen molar-refractivity contribution in [3.8, 4) is 0 Å². The molecule has 14 nitrogen and oxygen atoms in total. The first-order chi connectivity index (χ1) is 17.1. The van der Waals surface area contributed by atoms with Gasteiger partial charge in [0, 0.05) is 14.2 Å². The molecule has 4 bridgehead atoms. The predicted octanol–water partition coefficient (Wildman–Crippen LogP) is 0.0870. The molecule has 190 valence electrons. The van der Waals surface area contributed by atoms with E-state index in [1.807, 2.05) is 0 Å². The number of ether oxygens (including phenoxy) is 6. The van der Waals surface area contributed by atoms with Crippen LogP contribution in [-0.4, -0.2) is 74.5 Å². The summed E-state index contributed by atoms with van der Waals surface area (Å²) >= 11 is 0. The third kappa shape index (κ3) is 1.80. The van der Waals surface area contributed by atoms with Gasteiger partial charge in [-0.1, -0.05) is 10.3 Å². The summed E-state index contributed by atoms with van der Waals surface area (Å²) in [4.78, 5) is 56.2. The molecule has 4 aliphatic heterocycles. The number of Topliss-reactive ketones (excluding diaryl/α,β-unsaturated/α-hetero) is 2. The quantitative estimate of drug-likeness (QED) is 0.512. The molecule has 0 amide bonds. The Labute approximate surface area is 202 Å². The summed E-state index contributed by atoms with van der Waals surface area (Å²) in [6, 6.07) is 0. The SMILES string of the molecule is COC(=O)[C@]12[C@@H]3O[C@@](OC)(c4onc(C)c4C3=O)[C@@]1(C(=O)OC)[C@@H]1O[C@@]2(OC)c2onc(C)c2C1=O. The minimum Gasteiger partial charge on any atom is -0.468 e. The molecule has 2 aromatic rings. The maximum absolute atomic E-state index is 14.1. The van der Waals surface area contributed by atoms with E-state index in [1.165, 1.54) is 13.8 Å². The Kier molecular flexibility index (Phi) is 4.24. The minimum atomic E-state index is -2.57. The molecule has 6 rings (SSSR count). The Morgan fingerprint density at radius 3 is 1.39 bits per heavy atom. The molecule has 0 unspecified atom stereocenters. The predicted molar refractivity (Wildman–Crippen MR) is 107 cm³/mol. The first kappa shape index (κ1) is 23.0. The summed E-state index contributed by atoms with van der Waals surface area (Å²) in [5.41, 5.74) is -5.03. The van der Waals surface area contributed by atoms with Crippen molar-refractivity contribution in [3.63, 3.8) is 0 Å². The fourth-order valence-corrected chi connectivity index (χ4v) is 6.70. The van der Waals surface area contributed by atoms with Gasteiger partial charge in [-0.2, -0.15) is 0 Å². The zero-order chi connectivity index (χ0) is 26.0. The fraction of sp³-hybridized carbons (Fsp3) is 0.545. The van der Waals surface area contributed by atoms with E-state index in [9.17, 15) is 19.2 Å². The molecule has 2 fully saturated rings. The largest absolute Gasteiger partial charge is 0.468 e. The number of carbonyl (C=O) groups is 4. The van der Waals surface area contributed by atoms with Gasteiger partial charge in [0.05, 0.1) is 36.7 Å². The topological polar surface area (TPSA) is 176 Å². The molecule has 0 aromatic carbocycles. The van der Waals surface area contributed by atoms with Gasteiger partial charge in [-0.15, -0.1) is 0 Å². The van der Waals surface area contributed by atoms with Gasteiger partial charge in [0.2, 0.25) is 11.5 Å². The number of esters is 2. The number of hydrogen-bond acceptors (Lipinski definition) is 14. The van der Waals surface area contributed by atoms with E-state index in [1.54, 1.807) is 0 Å². The van der Waals surface area contributed by atoms with Crippen LogP contribution in [-0.2, 0) is 49.6 Å². The van der Waals surface area contributed by atoms with Crippen molar-refractivity contribution >= 4 is 23.5 Å². The Hall–Kier alpha value is -3.46. The van der Waals surface area contributed by atoms with Crippen LogP contribution in [0.1, 0.15) is 43.6 Å². The molecule has 4 aliphatic rings. The first-order valence-electron chi connectivity index (χ1n) is 10.8. The molecule has 0 aliphatic carbocycles. The molecule has 0 saturated carbocycles. The molecule has 36 heavy (non-hydrogen) atoms. The smallest absolute Gasteiger partial charge is 0.322 e. The maximum Gasteiger partial charge on any atom is 0.322 e. The van der Waals surface area contributed by atoms with Gasteiger partial charge in [-0.3, -0.25) is 19.2 Å². The highest BCUT2D eigenvalue weighted by Gasteiger charge is 3.00. The molecule has 0 spiro atoms. The lowest BCUT2D eigenvalue weighted by molar-refractivity contribution is -0.305. The second kappa shape index (κ2) is 6.64. The normalized spacial score (nSPS) is 37.4. The molecule has 0 N–H and O–H groups in total. The average molecular weight is 504 g/mol. The number of aromatic nitrogens is 2. The van der Waals surface area contributed by atoms with Gasteiger partial charge in [-0.25, -0.2) is 0 Å². The lowest BCUT2D eigenvalue weighted by Gasteiger charge is -2.43. The van der Waals surface area contributed by atoms with E-state index in [0.29, 0.717) is 0 Å². The number of aryl methyl sites for hydroxylation is 2. The maximum atomic E-state index is 14.1. The van der Waals surface area contributed by atoms with Gasteiger partial charge in [0.15, 0.2) is 22.4 Å². The average Bonchev–Trinajstić information content (AvgIpc) is 3.59. The summed E-state index contributed by atoms with van der Waals surface area (Å²) in [7, 11) is 4.39. The standard InChI is InChI=1S/C22H20N2O12/c1-7-9-11(25)15-19(17(27)29-3)20(18(28)30-4,21(31-5,33-15)13(9)35-23-7)16-12(26)10-8(2)24-36-14(10)22(19,32-6)34-16/h15-16H,1-6H3/t15-,16-,19-,20-,21+,22+/m1/s1. The zero-order valence-corrected chi connectivity index (χ0v) is 19.9. The van der Waals surface area contributed by atoms with Crippen LogP contribution in [0.2, 0.25) is 0 Å². The first-order valence-corrected chi connectivity index (χ1v) is 10.8. The summed E-state index contributed by atoms with van der Waals surface area (Å²) in [5, 5.41) is 7.71. The number of nitrogens with zero attached hydrogens (tertiary/aromatic N) is 2. The molecule has 14 heteroatoms. The lowest BCUT2D eigenvalue weighted by atomic mass is 9.54. The second-order valence-electron chi connectivity index (χ2n) is 8.91. The third-order valence-corrected chi connectivity index (χ3v) is 7.90. The lowest BCUT2D eigenvalue weighted by Crippen LogP contribution is -2.66. The van der Waals surface area contributed by atoms with Gasteiger partial charge >= 0.3 is 11.9 Å². The van der Waals surface area contributed by atoms with Crippen molar-refractivity contribution < 1.29 is 56.6 Å². The van der Waals surface area contributed by atoms with Crippen molar-refractivity contribution in [2.45, 2.75) is 37.6 Å². The number of methoxy groups -OCH3 is 4. The van der Waals surface area contributed by atoms with Crippen LogP contribution in [0, 0.1) is 24.7 Å². The van der Waals surface area contributed by atoms with Crippen molar-refractivity contribution in [1.29, 1.82) is 0 Å². The van der Waals surface area contributed by atoms with Crippen LogP contribution in [0.25, 0.3) is 0 Å². The summed E-state index contributed by atoms with van der Waals surface area (Å²) in [6.45, 7) is 2.98. The van der Waals surface area contributed by atoms with Crippen LogP contribution < -0.4 is 0 Å². The Balaban J connectivity index is 1.88. The fourth-order valence-electron chi connectivity index (χ4n) is 6.70. The number of rotatable bonds is 4. The summed E-state index contributed by atoms with van der Waals surface area (Å²) in [6.07, 6.45) is -3.72. The van der Waals surface area contributed by atoms with Crippen LogP contribution in [0.4, 0.5) is 0 Å². The zero-order valence-electron chi connectivity index (χ0n) is 19.9. The van der Waals surface area contributed by atoms with Crippen LogP contribution in [0.3, 0.4) is 0 Å². The van der Waals surface area contributed by atoms with E-state index in [4.69, 9.17) is 37.5 Å². The minimum absolute atomic E-state index is 0.0835. The van der Waals surface area contributed by atoms with Crippen LogP contribution >= 0.6 is 0 Å². The monoisotopic (exact) mass is 504 g/mol. The number of fused-ring (bicyclic) bond motifs is 13. The molecule has 2 saturated heterocycles. The highest BCUT2D eigenvalue weighted by atomic mass is 16.8. The van der Waals surface area contributed by atoms with Crippen molar-refractivity contribution in [2.24, 2.45) is 10.8 Å². The Morgan fingerprint density at radius 1 is 0.722 bits per heavy atom. The molecule has 0 radical (unpaired) electrons. The molecular formula is C22H20N2O12. The van der Waals surface area contributed by atoms with Crippen molar-refractivity contribution in [1.82, 2.24) is 10.3 Å². The van der Waals surface area contributed by atoms with E-state index in [0.717, 1.165) is 28.4 Å². The van der Waals surface area contributed by atoms with Crippen LogP contribution in [0.5, 0.6) is 0 Å². The number of ketones is 2. The van der Waals surface area contributed by atoms with Gasteiger partial charge in [0.25, 0.3) is 11.6 Å². The van der Waals surface area contributed by atoms with Gasteiger partial charge < -0.3 is 37.5 Å². The van der Waals surface area contributed by atoms with E-state index in [2.05, 4.69) is 10.3 Å². The van der Waals surface area contributed by atoms with E-state index >= 15 is 0 Å². The Morgan fingerprint density at radius 2 is 1.08 bits per heavy atom. The highest BCUT2D eigenvalue weighted by Crippen LogP contribution is 2.79. The summed E-state index contributed by atoms with van der Waals surface area (Å²) < 4.78 is 45.3. The second-order valence-corrected chi connectivity index (χ2v) is 8.91. The molecular weight excluding hydrogens is 484 g/mol. The van der Waals surface area contributed by atoms with Gasteiger partial charge in [-0.05, 0) is 13.8 Å². The third-order valence-electron chi connectivity index (χ3n) is 7.90. The number of carbonyl (C=O) groups excluding carboxylic acids is 4. The molecule has 6 heterocycles. The van der Waals surface area contributed by atoms with Gasteiger partial charge in [0.1, 0.15) is 12.2 Å². The van der Waals surface area contributed by atoms with E-state index in [-0.39, 0.29) is 34.0 Å². The molecule has 6 atom stereocenters. The summed E-state index contributed by atoms with van der Waals surface area (Å²) in [5.74, 6) is -9.44. The Bertz CT molecular complexity index is 1290. The highest BCUT2D eigenvalue weighted by molar-refractivity contribution is 6.14. The number of hydrogen-bond donors (Lipinski definition) is 0. The van der Waals surface area contributed by atoms with Crippen molar-refractivity contribution in [3.05, 3.63) is 34.0 Å². The van der Waals surface area contributed by atoms with Crippen molar-refractivity contribution in [2.75, 3.05) is 28.4 Å². The van der Waals surface area contributed by atoms with E-state index < -0.39 is 58.1 Å². The van der Waals surface area contributed by atoms with Crippen LogP contribution in [0.15, 0.2) is 9.05 Å². The molecule has 2 aromatic heterocycles.